The SMILES string of the molecule is Cc1cc([C@H](CCc2ccc(N3CCC(C(=O)O)CC3)cc2)c2ccccc2C=O)ccn1. The fourth-order valence-corrected chi connectivity index (χ4v) is 4.79. The van der Waals surface area contributed by atoms with Gasteiger partial charge >= 0.3 is 5.97 Å². The molecule has 5 nitrogen and oxygen atoms in total. The fraction of sp³-hybridized carbons (Fsp3) is 0.321. The summed E-state index contributed by atoms with van der Waals surface area (Å²) in [7, 11) is 0. The van der Waals surface area contributed by atoms with Crippen molar-refractivity contribution in [2.45, 2.75) is 38.5 Å². The number of carboxylic acids is 1. The Morgan fingerprint density at radius 2 is 1.85 bits per heavy atom. The molecule has 1 saturated heterocycles. The molecular weight excluding hydrogens is 412 g/mol. The lowest BCUT2D eigenvalue weighted by Gasteiger charge is -2.32. The average molecular weight is 443 g/mol. The summed E-state index contributed by atoms with van der Waals surface area (Å²) in [5, 5.41) is 9.21. The van der Waals surface area contributed by atoms with Crippen LogP contribution in [0.2, 0.25) is 0 Å². The van der Waals surface area contributed by atoms with Gasteiger partial charge in [-0.1, -0.05) is 36.4 Å². The minimum absolute atomic E-state index is 0.114. The lowest BCUT2D eigenvalue weighted by atomic mass is 9.84. The molecule has 1 N–H and O–H groups in total. The first-order valence-corrected chi connectivity index (χ1v) is 11.6. The standard InChI is InChI=1S/C28H30N2O3/c1-20-18-23(12-15-29-20)27(26-5-3-2-4-24(26)19-31)11-8-21-6-9-25(10-7-21)30-16-13-22(14-17-30)28(32)33/h2-7,9-10,12,15,18-19,22,27H,8,11,13-14,16-17H2,1H3,(H,32,33)/t27-/m0/s1. The predicted molar refractivity (Wildman–Crippen MR) is 130 cm³/mol. The quantitative estimate of drug-likeness (QED) is 0.481. The van der Waals surface area contributed by atoms with Crippen LogP contribution in [0.4, 0.5) is 5.69 Å². The van der Waals surface area contributed by atoms with E-state index in [9.17, 15) is 14.7 Å². The van der Waals surface area contributed by atoms with E-state index in [4.69, 9.17) is 0 Å². The zero-order valence-electron chi connectivity index (χ0n) is 19.0. The molecule has 2 heterocycles. The minimum atomic E-state index is -0.680. The zero-order valence-corrected chi connectivity index (χ0v) is 19.0. The monoisotopic (exact) mass is 442 g/mol. The second-order valence-electron chi connectivity index (χ2n) is 8.83. The number of nitrogens with zero attached hydrogens (tertiary/aromatic N) is 2. The molecule has 33 heavy (non-hydrogen) atoms. The molecule has 1 aromatic heterocycles. The Morgan fingerprint density at radius 1 is 1.12 bits per heavy atom. The van der Waals surface area contributed by atoms with Gasteiger partial charge in [0.1, 0.15) is 6.29 Å². The number of carboxylic acid groups (broad SMARTS) is 1. The molecule has 0 radical (unpaired) electrons. The van der Waals surface area contributed by atoms with Crippen molar-refractivity contribution in [1.29, 1.82) is 0 Å². The molecule has 5 heteroatoms. The molecule has 170 valence electrons. The molecule has 4 rings (SSSR count). The molecule has 0 amide bonds. The van der Waals surface area contributed by atoms with Crippen molar-refractivity contribution in [2.75, 3.05) is 18.0 Å². The Balaban J connectivity index is 1.48. The van der Waals surface area contributed by atoms with Crippen molar-refractivity contribution in [1.82, 2.24) is 4.98 Å². The highest BCUT2D eigenvalue weighted by atomic mass is 16.4. The third-order valence-electron chi connectivity index (χ3n) is 6.69. The average Bonchev–Trinajstić information content (AvgIpc) is 2.85. The number of aryl methyl sites for hydroxylation is 2. The number of hydrogen-bond donors (Lipinski definition) is 1. The van der Waals surface area contributed by atoms with Crippen molar-refractivity contribution in [3.8, 4) is 0 Å². The number of pyridine rings is 1. The molecule has 1 aliphatic heterocycles. The Morgan fingerprint density at radius 3 is 2.52 bits per heavy atom. The van der Waals surface area contributed by atoms with Gasteiger partial charge in [-0.3, -0.25) is 14.6 Å². The van der Waals surface area contributed by atoms with Gasteiger partial charge in [-0.15, -0.1) is 0 Å². The van der Waals surface area contributed by atoms with E-state index < -0.39 is 5.97 Å². The van der Waals surface area contributed by atoms with Crippen LogP contribution in [0.5, 0.6) is 0 Å². The molecule has 0 saturated carbocycles. The predicted octanol–water partition coefficient (Wildman–Crippen LogP) is 5.27. The van der Waals surface area contributed by atoms with Crippen LogP contribution < -0.4 is 4.90 Å². The van der Waals surface area contributed by atoms with E-state index >= 15 is 0 Å². The van der Waals surface area contributed by atoms with Crippen LogP contribution in [0, 0.1) is 12.8 Å². The van der Waals surface area contributed by atoms with Crippen molar-refractivity contribution < 1.29 is 14.7 Å². The molecule has 0 spiro atoms. The number of aromatic nitrogens is 1. The number of rotatable bonds is 8. The summed E-state index contributed by atoms with van der Waals surface area (Å²) >= 11 is 0. The summed E-state index contributed by atoms with van der Waals surface area (Å²) in [6, 6.07) is 20.6. The molecular formula is C28H30N2O3. The van der Waals surface area contributed by atoms with E-state index in [0.717, 1.165) is 54.7 Å². The second-order valence-corrected chi connectivity index (χ2v) is 8.83. The Hall–Kier alpha value is -3.47. The summed E-state index contributed by atoms with van der Waals surface area (Å²) in [5.41, 5.74) is 6.33. The maximum Gasteiger partial charge on any atom is 0.306 e. The third-order valence-corrected chi connectivity index (χ3v) is 6.69. The third kappa shape index (κ3) is 5.48. The number of benzene rings is 2. The van der Waals surface area contributed by atoms with Crippen LogP contribution in [0.1, 0.15) is 57.9 Å². The molecule has 0 bridgehead atoms. The maximum atomic E-state index is 11.7. The molecule has 0 aliphatic carbocycles. The smallest absolute Gasteiger partial charge is 0.306 e. The van der Waals surface area contributed by atoms with Crippen LogP contribution in [-0.4, -0.2) is 35.4 Å². The molecule has 0 unspecified atom stereocenters. The minimum Gasteiger partial charge on any atom is -0.481 e. The highest BCUT2D eigenvalue weighted by Gasteiger charge is 2.24. The van der Waals surface area contributed by atoms with Gasteiger partial charge in [-0.25, -0.2) is 0 Å². The lowest BCUT2D eigenvalue weighted by molar-refractivity contribution is -0.142. The van der Waals surface area contributed by atoms with E-state index in [1.807, 2.05) is 43.5 Å². The number of carbonyl (C=O) groups is 2. The second kappa shape index (κ2) is 10.4. The van der Waals surface area contributed by atoms with Gasteiger partial charge in [0.2, 0.25) is 0 Å². The summed E-state index contributed by atoms with van der Waals surface area (Å²) in [5.74, 6) is -0.786. The van der Waals surface area contributed by atoms with Crippen molar-refractivity contribution >= 4 is 17.9 Å². The highest BCUT2D eigenvalue weighted by Crippen LogP contribution is 2.32. The normalized spacial score (nSPS) is 15.2. The Kier molecular flexibility index (Phi) is 7.18. The first-order valence-electron chi connectivity index (χ1n) is 11.6. The van der Waals surface area contributed by atoms with Crippen molar-refractivity contribution in [3.05, 3.63) is 94.8 Å². The van der Waals surface area contributed by atoms with Gasteiger partial charge in [0, 0.05) is 42.1 Å². The molecule has 1 atom stereocenters. The molecule has 1 aliphatic rings. The first kappa shape index (κ1) is 22.7. The van der Waals surface area contributed by atoms with Gasteiger partial charge in [0.05, 0.1) is 5.92 Å². The van der Waals surface area contributed by atoms with Crippen LogP contribution in [0.15, 0.2) is 66.9 Å². The summed E-state index contributed by atoms with van der Waals surface area (Å²) in [6.45, 7) is 3.55. The highest BCUT2D eigenvalue weighted by molar-refractivity contribution is 5.78. The Bertz CT molecular complexity index is 1100. The molecule has 1 fully saturated rings. The fourth-order valence-electron chi connectivity index (χ4n) is 4.79. The number of aliphatic carboxylic acids is 1. The van der Waals surface area contributed by atoms with E-state index in [1.54, 1.807) is 0 Å². The lowest BCUT2D eigenvalue weighted by Crippen LogP contribution is -2.36. The molecule has 2 aromatic carbocycles. The van der Waals surface area contributed by atoms with Gasteiger partial charge < -0.3 is 10.0 Å². The number of aldehydes is 1. The van der Waals surface area contributed by atoms with E-state index in [2.05, 4.69) is 40.2 Å². The Labute approximate surface area is 195 Å². The van der Waals surface area contributed by atoms with Gasteiger partial charge in [-0.05, 0) is 73.6 Å². The van der Waals surface area contributed by atoms with Crippen molar-refractivity contribution in [2.24, 2.45) is 5.92 Å². The van der Waals surface area contributed by atoms with Crippen LogP contribution >= 0.6 is 0 Å². The van der Waals surface area contributed by atoms with Gasteiger partial charge in [0.25, 0.3) is 0 Å². The summed E-state index contributed by atoms with van der Waals surface area (Å²) < 4.78 is 0. The number of carbonyl (C=O) groups excluding carboxylic acids is 1. The van der Waals surface area contributed by atoms with Crippen LogP contribution in [-0.2, 0) is 11.2 Å². The number of anilines is 1. The van der Waals surface area contributed by atoms with Gasteiger partial charge in [-0.2, -0.15) is 0 Å². The van der Waals surface area contributed by atoms with Crippen molar-refractivity contribution in [3.63, 3.8) is 0 Å². The van der Waals surface area contributed by atoms with E-state index in [1.165, 1.54) is 11.1 Å². The number of hydrogen-bond acceptors (Lipinski definition) is 4. The van der Waals surface area contributed by atoms with E-state index in [-0.39, 0.29) is 11.8 Å². The molecule has 3 aromatic rings. The largest absolute Gasteiger partial charge is 0.481 e. The first-order chi connectivity index (χ1) is 16.0. The topological polar surface area (TPSA) is 70.5 Å². The maximum absolute atomic E-state index is 11.7. The van der Waals surface area contributed by atoms with Crippen LogP contribution in [0.25, 0.3) is 0 Å². The zero-order chi connectivity index (χ0) is 23.2. The van der Waals surface area contributed by atoms with Gasteiger partial charge in [0.15, 0.2) is 0 Å². The van der Waals surface area contributed by atoms with Crippen LogP contribution in [0.3, 0.4) is 0 Å². The summed E-state index contributed by atoms with van der Waals surface area (Å²) in [6.07, 6.45) is 5.95. The van der Waals surface area contributed by atoms with E-state index in [0.29, 0.717) is 12.8 Å². The number of piperidine rings is 1. The summed E-state index contributed by atoms with van der Waals surface area (Å²) in [4.78, 5) is 29.5.